The van der Waals surface area contributed by atoms with Gasteiger partial charge in [-0.3, -0.25) is 9.78 Å². The largest absolute Gasteiger partial charge is 0.333 e. The van der Waals surface area contributed by atoms with Crippen molar-refractivity contribution in [1.82, 2.24) is 24.2 Å². The zero-order valence-electron chi connectivity index (χ0n) is 19.5. The molecule has 0 bridgehead atoms. The van der Waals surface area contributed by atoms with Gasteiger partial charge in [0.1, 0.15) is 6.54 Å². The average Bonchev–Trinajstić information content (AvgIpc) is 2.93. The second kappa shape index (κ2) is 10.3. The Bertz CT molecular complexity index is 1590. The lowest BCUT2D eigenvalue weighted by atomic mass is 10.1. The van der Waals surface area contributed by atoms with Crippen LogP contribution >= 0.6 is 11.6 Å². The number of amides is 1. The number of rotatable bonds is 6. The Morgan fingerprint density at radius 2 is 1.65 bits per heavy atom. The molecule has 0 aliphatic carbocycles. The van der Waals surface area contributed by atoms with Crippen LogP contribution in [0.2, 0.25) is 5.02 Å². The van der Waals surface area contributed by atoms with E-state index in [0.717, 1.165) is 10.8 Å². The van der Waals surface area contributed by atoms with Crippen LogP contribution in [0.5, 0.6) is 0 Å². The first-order valence-electron chi connectivity index (χ1n) is 11.4. The van der Waals surface area contributed by atoms with E-state index in [1.807, 2.05) is 0 Å². The first-order chi connectivity index (χ1) is 17.8. The molecule has 4 aromatic rings. The molecule has 0 radical (unpaired) electrons. The zero-order chi connectivity index (χ0) is 26.0. The third-order valence-corrected chi connectivity index (χ3v) is 8.24. The Kier molecular flexibility index (Phi) is 6.92. The van der Waals surface area contributed by atoms with Gasteiger partial charge in [0.2, 0.25) is 15.8 Å². The van der Waals surface area contributed by atoms with E-state index >= 15 is 0 Å². The molecule has 1 fully saturated rings. The quantitative estimate of drug-likeness (QED) is 0.343. The molecule has 12 heteroatoms. The Balaban J connectivity index is 1.25. The van der Waals surface area contributed by atoms with Gasteiger partial charge in [0.05, 0.1) is 16.3 Å². The maximum Gasteiger partial charge on any atom is 0.291 e. The SMILES string of the molecule is O=NCc1cccc(-c2cnc(C(=O)N3CCN(S(=O)(=O)c4ccc5cc(Cl)ccc5c4)CC3)nc2)n1. The molecule has 2 aromatic heterocycles. The van der Waals surface area contributed by atoms with Gasteiger partial charge in [0.15, 0.2) is 0 Å². The molecule has 5 rings (SSSR count). The number of hydrogen-bond donors (Lipinski definition) is 0. The highest BCUT2D eigenvalue weighted by molar-refractivity contribution is 7.89. The summed E-state index contributed by atoms with van der Waals surface area (Å²) < 4.78 is 27.8. The number of carbonyl (C=O) groups is 1. The summed E-state index contributed by atoms with van der Waals surface area (Å²) in [7, 11) is -3.72. The number of halogens is 1. The van der Waals surface area contributed by atoms with Crippen molar-refractivity contribution < 1.29 is 13.2 Å². The minimum Gasteiger partial charge on any atom is -0.333 e. The van der Waals surface area contributed by atoms with Crippen molar-refractivity contribution in [1.29, 1.82) is 0 Å². The molecule has 3 heterocycles. The van der Waals surface area contributed by atoms with Gasteiger partial charge < -0.3 is 4.90 Å². The molecule has 1 aliphatic rings. The van der Waals surface area contributed by atoms with E-state index in [9.17, 15) is 18.1 Å². The lowest BCUT2D eigenvalue weighted by Gasteiger charge is -2.33. The van der Waals surface area contributed by atoms with Crippen LogP contribution < -0.4 is 0 Å². The maximum atomic E-state index is 13.2. The summed E-state index contributed by atoms with van der Waals surface area (Å²) in [5.41, 5.74) is 1.68. The van der Waals surface area contributed by atoms with Crippen LogP contribution in [0.1, 0.15) is 16.3 Å². The smallest absolute Gasteiger partial charge is 0.291 e. The molecule has 0 N–H and O–H groups in total. The second-order valence-corrected chi connectivity index (χ2v) is 10.8. The predicted octanol–water partition coefficient (Wildman–Crippen LogP) is 3.76. The molecule has 2 aromatic carbocycles. The predicted molar refractivity (Wildman–Crippen MR) is 138 cm³/mol. The first kappa shape index (κ1) is 24.9. The minimum atomic E-state index is -3.72. The number of hydrogen-bond acceptors (Lipinski definition) is 8. The van der Waals surface area contributed by atoms with Gasteiger partial charge in [0, 0.05) is 49.2 Å². The summed E-state index contributed by atoms with van der Waals surface area (Å²) in [6.07, 6.45) is 2.99. The highest BCUT2D eigenvalue weighted by atomic mass is 35.5. The van der Waals surface area contributed by atoms with Crippen LogP contribution in [-0.4, -0.2) is 64.7 Å². The number of sulfonamides is 1. The molecule has 10 nitrogen and oxygen atoms in total. The summed E-state index contributed by atoms with van der Waals surface area (Å²) in [6, 6.07) is 15.4. The number of nitrogens with zero attached hydrogens (tertiary/aromatic N) is 6. The molecule has 0 spiro atoms. The molecule has 0 saturated carbocycles. The number of fused-ring (bicyclic) bond motifs is 1. The van der Waals surface area contributed by atoms with Gasteiger partial charge >= 0.3 is 0 Å². The fourth-order valence-corrected chi connectivity index (χ4v) is 5.78. The van der Waals surface area contributed by atoms with E-state index in [1.165, 1.54) is 21.6 Å². The van der Waals surface area contributed by atoms with Gasteiger partial charge in [-0.2, -0.15) is 9.21 Å². The third kappa shape index (κ3) is 5.19. The van der Waals surface area contributed by atoms with E-state index in [1.54, 1.807) is 54.6 Å². The number of nitroso groups, excluding NO2 is 1. The highest BCUT2D eigenvalue weighted by Crippen LogP contribution is 2.25. The second-order valence-electron chi connectivity index (χ2n) is 8.45. The molecular formula is C25H21ClN6O4S. The van der Waals surface area contributed by atoms with Crippen molar-refractivity contribution in [3.63, 3.8) is 0 Å². The Labute approximate surface area is 218 Å². The van der Waals surface area contributed by atoms with Crippen LogP contribution in [0, 0.1) is 4.91 Å². The van der Waals surface area contributed by atoms with Crippen LogP contribution in [-0.2, 0) is 16.6 Å². The first-order valence-corrected chi connectivity index (χ1v) is 13.2. The topological polar surface area (TPSA) is 126 Å². The highest BCUT2D eigenvalue weighted by Gasteiger charge is 2.31. The molecular weight excluding hydrogens is 516 g/mol. The van der Waals surface area contributed by atoms with E-state index in [0.29, 0.717) is 22.0 Å². The zero-order valence-corrected chi connectivity index (χ0v) is 21.1. The van der Waals surface area contributed by atoms with Gasteiger partial charge in [0.25, 0.3) is 5.91 Å². The number of piperazine rings is 1. The average molecular weight is 537 g/mol. The number of carbonyl (C=O) groups excluding carboxylic acids is 1. The summed E-state index contributed by atoms with van der Waals surface area (Å²) in [4.78, 5) is 37.9. The molecule has 1 aliphatic heterocycles. The fourth-order valence-electron chi connectivity index (χ4n) is 4.14. The van der Waals surface area contributed by atoms with E-state index in [2.05, 4.69) is 20.1 Å². The van der Waals surface area contributed by atoms with Crippen molar-refractivity contribution in [3.05, 3.63) is 88.4 Å². The van der Waals surface area contributed by atoms with Crippen molar-refractivity contribution in [2.45, 2.75) is 11.4 Å². The fraction of sp³-hybridized carbons (Fsp3) is 0.200. The lowest BCUT2D eigenvalue weighted by Crippen LogP contribution is -2.50. The third-order valence-electron chi connectivity index (χ3n) is 6.11. The van der Waals surface area contributed by atoms with Crippen LogP contribution in [0.25, 0.3) is 22.0 Å². The van der Waals surface area contributed by atoms with Gasteiger partial charge in [-0.25, -0.2) is 18.4 Å². The summed E-state index contributed by atoms with van der Waals surface area (Å²) >= 11 is 6.02. The molecule has 188 valence electrons. The summed E-state index contributed by atoms with van der Waals surface area (Å²) in [5, 5.41) is 5.06. The number of pyridine rings is 1. The minimum absolute atomic E-state index is 0.0129. The molecule has 1 saturated heterocycles. The van der Waals surface area contributed by atoms with Crippen LogP contribution in [0.4, 0.5) is 0 Å². The van der Waals surface area contributed by atoms with Crippen molar-refractivity contribution in [2.24, 2.45) is 5.18 Å². The van der Waals surface area contributed by atoms with Crippen molar-refractivity contribution in [2.75, 3.05) is 26.2 Å². The van der Waals surface area contributed by atoms with Crippen molar-refractivity contribution in [3.8, 4) is 11.3 Å². The van der Waals surface area contributed by atoms with Crippen LogP contribution in [0.3, 0.4) is 0 Å². The number of aromatic nitrogens is 3. The van der Waals surface area contributed by atoms with Gasteiger partial charge in [-0.05, 0) is 47.2 Å². The van der Waals surface area contributed by atoms with E-state index < -0.39 is 10.0 Å². The molecule has 1 amide bonds. The Hall–Kier alpha value is -3.80. The van der Waals surface area contributed by atoms with Gasteiger partial charge in [-0.15, -0.1) is 0 Å². The number of benzene rings is 2. The maximum absolute atomic E-state index is 13.2. The van der Waals surface area contributed by atoms with Gasteiger partial charge in [-0.1, -0.05) is 35.0 Å². The van der Waals surface area contributed by atoms with Crippen LogP contribution in [0.15, 0.2) is 77.1 Å². The summed E-state index contributed by atoms with van der Waals surface area (Å²) in [5.74, 6) is -0.364. The standard InChI is InChI=1S/C25H21ClN6O4S/c26-20-6-4-18-13-22(7-5-17(18)12-20)37(35,36)32-10-8-31(9-11-32)25(33)24-27-14-19(15-28-24)23-3-1-2-21(30-23)16-29-34/h1-7,12-15H,8-11,16H2. The normalized spacial score (nSPS) is 14.6. The molecule has 0 unspecified atom stereocenters. The Morgan fingerprint density at radius 3 is 2.38 bits per heavy atom. The van der Waals surface area contributed by atoms with E-state index in [4.69, 9.17) is 11.6 Å². The van der Waals surface area contributed by atoms with Crippen molar-refractivity contribution >= 4 is 38.3 Å². The monoisotopic (exact) mass is 536 g/mol. The lowest BCUT2D eigenvalue weighted by molar-refractivity contribution is 0.0685. The summed E-state index contributed by atoms with van der Waals surface area (Å²) in [6.45, 7) is 0.713. The van der Waals surface area contributed by atoms with E-state index in [-0.39, 0.29) is 49.4 Å². The molecule has 37 heavy (non-hydrogen) atoms. The molecule has 0 atom stereocenters. The Morgan fingerprint density at radius 1 is 0.946 bits per heavy atom.